The van der Waals surface area contributed by atoms with Crippen LogP contribution in [0, 0.1) is 0 Å². The van der Waals surface area contributed by atoms with Crippen molar-refractivity contribution < 1.29 is 4.74 Å². The molecule has 0 aromatic heterocycles. The molecule has 3 heteroatoms. The predicted octanol–water partition coefficient (Wildman–Crippen LogP) is 4.80. The molecule has 2 nitrogen and oxygen atoms in total. The van der Waals surface area contributed by atoms with Crippen LogP contribution in [0.3, 0.4) is 0 Å². The van der Waals surface area contributed by atoms with Gasteiger partial charge in [0.2, 0.25) is 0 Å². The lowest BCUT2D eigenvalue weighted by molar-refractivity contribution is 0.140. The molecule has 0 bridgehead atoms. The van der Waals surface area contributed by atoms with E-state index in [1.54, 1.807) is 0 Å². The number of para-hydroxylation sites is 1. The first-order valence-corrected chi connectivity index (χ1v) is 7.80. The van der Waals surface area contributed by atoms with E-state index in [1.165, 1.54) is 0 Å². The molecular weight excluding hydrogens is 282 g/mol. The second-order valence-corrected chi connectivity index (χ2v) is 5.33. The molecule has 21 heavy (non-hydrogen) atoms. The summed E-state index contributed by atoms with van der Waals surface area (Å²) < 4.78 is 6.19. The Morgan fingerprint density at radius 1 is 0.952 bits per heavy atom. The largest absolute Gasteiger partial charge is 0.484 e. The van der Waals surface area contributed by atoms with Crippen molar-refractivity contribution in [3.63, 3.8) is 0 Å². The Kier molecular flexibility index (Phi) is 6.09. The third kappa shape index (κ3) is 4.48. The van der Waals surface area contributed by atoms with Gasteiger partial charge in [-0.1, -0.05) is 61.8 Å². The van der Waals surface area contributed by atoms with Gasteiger partial charge in [-0.15, -0.1) is 0 Å². The Hall–Kier alpha value is -1.51. The maximum Gasteiger partial charge on any atom is 0.138 e. The van der Waals surface area contributed by atoms with Crippen molar-refractivity contribution in [2.75, 3.05) is 19.6 Å². The maximum atomic E-state index is 6.36. The molecule has 2 aromatic rings. The number of halogens is 1. The van der Waals surface area contributed by atoms with Crippen molar-refractivity contribution in [3.8, 4) is 5.75 Å². The summed E-state index contributed by atoms with van der Waals surface area (Å²) in [6.45, 7) is 7.14. The number of ether oxygens (including phenoxy) is 1. The van der Waals surface area contributed by atoms with E-state index in [0.29, 0.717) is 0 Å². The number of benzene rings is 2. The zero-order valence-electron chi connectivity index (χ0n) is 12.6. The molecule has 0 aliphatic carbocycles. The van der Waals surface area contributed by atoms with Gasteiger partial charge in [0, 0.05) is 17.1 Å². The molecule has 0 saturated heterocycles. The van der Waals surface area contributed by atoms with Crippen LogP contribution >= 0.6 is 11.6 Å². The molecule has 112 valence electrons. The topological polar surface area (TPSA) is 12.5 Å². The van der Waals surface area contributed by atoms with Crippen LogP contribution in [0.4, 0.5) is 0 Å². The van der Waals surface area contributed by atoms with E-state index < -0.39 is 0 Å². The molecule has 2 rings (SSSR count). The summed E-state index contributed by atoms with van der Waals surface area (Å²) in [5, 5.41) is 0.755. The van der Waals surface area contributed by atoms with E-state index in [1.807, 2.05) is 54.6 Å². The number of nitrogens with zero attached hydrogens (tertiary/aromatic N) is 1. The van der Waals surface area contributed by atoms with Crippen LogP contribution in [0.15, 0.2) is 54.6 Å². The van der Waals surface area contributed by atoms with Crippen molar-refractivity contribution >= 4 is 11.6 Å². The summed E-state index contributed by atoms with van der Waals surface area (Å²) in [5.41, 5.74) is 1.04. The van der Waals surface area contributed by atoms with Crippen molar-refractivity contribution in [1.29, 1.82) is 0 Å². The molecular formula is C18H22ClNO. The second kappa shape index (κ2) is 8.06. The van der Waals surface area contributed by atoms with Gasteiger partial charge in [0.1, 0.15) is 11.9 Å². The average molecular weight is 304 g/mol. The molecule has 0 aliphatic rings. The minimum atomic E-state index is -0.0685. The summed E-state index contributed by atoms with van der Waals surface area (Å²) in [4.78, 5) is 2.34. The summed E-state index contributed by atoms with van der Waals surface area (Å²) in [6, 6.07) is 17.8. The van der Waals surface area contributed by atoms with Crippen LogP contribution in [-0.4, -0.2) is 24.5 Å². The lowest BCUT2D eigenvalue weighted by atomic mass is 10.1. The Balaban J connectivity index is 2.24. The standard InChI is InChI=1S/C18H22ClNO/c1-3-20(4-2)14-18(16-12-8-9-13-17(16)19)21-15-10-6-5-7-11-15/h5-13,18H,3-4,14H2,1-2H3/t18-/m0/s1. The first kappa shape index (κ1) is 15.9. The third-order valence-corrected chi connectivity index (χ3v) is 3.94. The highest BCUT2D eigenvalue weighted by molar-refractivity contribution is 6.31. The van der Waals surface area contributed by atoms with Crippen molar-refractivity contribution in [2.24, 2.45) is 0 Å². The molecule has 0 aliphatic heterocycles. The van der Waals surface area contributed by atoms with Crippen LogP contribution in [-0.2, 0) is 0 Å². The van der Waals surface area contributed by atoms with Gasteiger partial charge < -0.3 is 4.74 Å². The van der Waals surface area contributed by atoms with E-state index >= 15 is 0 Å². The van der Waals surface area contributed by atoms with Gasteiger partial charge in [-0.2, -0.15) is 0 Å². The van der Waals surface area contributed by atoms with E-state index in [9.17, 15) is 0 Å². The second-order valence-electron chi connectivity index (χ2n) is 4.93. The van der Waals surface area contributed by atoms with Gasteiger partial charge in [0.15, 0.2) is 0 Å². The predicted molar refractivity (Wildman–Crippen MR) is 89.1 cm³/mol. The van der Waals surface area contributed by atoms with E-state index in [0.717, 1.165) is 36.0 Å². The van der Waals surface area contributed by atoms with Crippen molar-refractivity contribution in [3.05, 3.63) is 65.2 Å². The molecule has 0 radical (unpaired) electrons. The highest BCUT2D eigenvalue weighted by atomic mass is 35.5. The minimum Gasteiger partial charge on any atom is -0.484 e. The number of likely N-dealkylation sites (N-methyl/N-ethyl adjacent to an activating group) is 1. The molecule has 0 saturated carbocycles. The van der Waals surface area contributed by atoms with Gasteiger partial charge in [-0.3, -0.25) is 4.90 Å². The summed E-state index contributed by atoms with van der Waals surface area (Å²) in [6.07, 6.45) is -0.0685. The summed E-state index contributed by atoms with van der Waals surface area (Å²) in [7, 11) is 0. The fourth-order valence-electron chi connectivity index (χ4n) is 2.31. The summed E-state index contributed by atoms with van der Waals surface area (Å²) in [5.74, 6) is 0.870. The zero-order valence-corrected chi connectivity index (χ0v) is 13.4. The maximum absolute atomic E-state index is 6.36. The highest BCUT2D eigenvalue weighted by Gasteiger charge is 2.19. The number of hydrogen-bond donors (Lipinski definition) is 0. The SMILES string of the molecule is CCN(CC)C[C@H](Oc1ccccc1)c1ccccc1Cl. The normalized spacial score (nSPS) is 12.4. The van der Waals surface area contributed by atoms with Gasteiger partial charge in [0.05, 0.1) is 0 Å². The van der Waals surface area contributed by atoms with E-state index in [4.69, 9.17) is 16.3 Å². The van der Waals surface area contributed by atoms with Crippen LogP contribution in [0.1, 0.15) is 25.5 Å². The molecule has 1 atom stereocenters. The Bertz CT molecular complexity index is 540. The fourth-order valence-corrected chi connectivity index (χ4v) is 2.57. The molecule has 0 unspecified atom stereocenters. The van der Waals surface area contributed by atoms with Crippen molar-refractivity contribution in [2.45, 2.75) is 20.0 Å². The Morgan fingerprint density at radius 2 is 1.57 bits per heavy atom. The lowest BCUT2D eigenvalue weighted by Gasteiger charge is -2.27. The smallest absolute Gasteiger partial charge is 0.138 e. The Morgan fingerprint density at radius 3 is 2.19 bits per heavy atom. The number of rotatable bonds is 7. The Labute approximate surface area is 132 Å². The first-order valence-electron chi connectivity index (χ1n) is 7.43. The lowest BCUT2D eigenvalue weighted by Crippen LogP contribution is -2.30. The number of hydrogen-bond acceptors (Lipinski definition) is 2. The van der Waals surface area contributed by atoms with Gasteiger partial charge in [0.25, 0.3) is 0 Å². The van der Waals surface area contributed by atoms with Gasteiger partial charge in [-0.05, 0) is 31.3 Å². The van der Waals surface area contributed by atoms with Crippen LogP contribution in [0.5, 0.6) is 5.75 Å². The van der Waals surface area contributed by atoms with Gasteiger partial charge in [-0.25, -0.2) is 0 Å². The van der Waals surface area contributed by atoms with Gasteiger partial charge >= 0.3 is 0 Å². The highest BCUT2D eigenvalue weighted by Crippen LogP contribution is 2.28. The molecule has 0 fully saturated rings. The molecule has 2 aromatic carbocycles. The minimum absolute atomic E-state index is 0.0685. The van der Waals surface area contributed by atoms with Crippen LogP contribution in [0.2, 0.25) is 5.02 Å². The molecule has 0 heterocycles. The molecule has 0 spiro atoms. The van der Waals surface area contributed by atoms with Crippen LogP contribution in [0.25, 0.3) is 0 Å². The molecule has 0 amide bonds. The van der Waals surface area contributed by atoms with Crippen LogP contribution < -0.4 is 4.74 Å². The fraction of sp³-hybridized carbons (Fsp3) is 0.333. The zero-order chi connectivity index (χ0) is 15.1. The first-order chi connectivity index (χ1) is 10.2. The third-order valence-electron chi connectivity index (χ3n) is 3.59. The average Bonchev–Trinajstić information content (AvgIpc) is 2.53. The molecule has 0 N–H and O–H groups in total. The van der Waals surface area contributed by atoms with Crippen molar-refractivity contribution in [1.82, 2.24) is 4.90 Å². The van der Waals surface area contributed by atoms with E-state index in [2.05, 4.69) is 18.7 Å². The quantitative estimate of drug-likeness (QED) is 0.728. The van der Waals surface area contributed by atoms with E-state index in [-0.39, 0.29) is 6.10 Å². The summed E-state index contributed by atoms with van der Waals surface area (Å²) >= 11 is 6.36. The monoisotopic (exact) mass is 303 g/mol.